The van der Waals surface area contributed by atoms with Crippen molar-refractivity contribution in [1.82, 2.24) is 15.3 Å². The van der Waals surface area contributed by atoms with E-state index in [1.807, 2.05) is 0 Å². The lowest BCUT2D eigenvalue weighted by Crippen LogP contribution is -2.37. The van der Waals surface area contributed by atoms with E-state index in [1.165, 1.54) is 18.2 Å². The number of fused-ring (bicyclic) bond motifs is 1. The highest BCUT2D eigenvalue weighted by Gasteiger charge is 2.19. The van der Waals surface area contributed by atoms with Crippen molar-refractivity contribution < 1.29 is 0 Å². The minimum atomic E-state index is 0.784. The molecule has 2 aromatic rings. The maximum absolute atomic E-state index is 4.57. The average Bonchev–Trinajstić information content (AvgIpc) is 2.96. The number of anilines is 1. The molecule has 1 saturated heterocycles. The lowest BCUT2D eigenvalue weighted by atomic mass is 9.97. The highest BCUT2D eigenvalue weighted by Crippen LogP contribution is 2.28. The molecule has 0 radical (unpaired) electrons. The molecule has 0 atom stereocenters. The molecule has 0 aromatic carbocycles. The molecule has 2 aromatic heterocycles. The number of aromatic nitrogens is 2. The molecule has 0 amide bonds. The fraction of sp³-hybridized carbons (Fsp3) is 0.600. The molecule has 108 valence electrons. The van der Waals surface area contributed by atoms with Gasteiger partial charge in [-0.25, -0.2) is 9.97 Å². The second-order valence-electron chi connectivity index (χ2n) is 5.48. The fourth-order valence-corrected chi connectivity index (χ4v) is 3.69. The summed E-state index contributed by atoms with van der Waals surface area (Å²) in [5, 5.41) is 6.76. The standard InChI is InChI=1S/C15H22N4S/c1-2-8-19(10-12-3-6-16-7-4-12)14-13-5-9-20-15(13)18-11-17-14/h5,9,11-12,16H,2-4,6-8,10H2,1H3. The Hall–Kier alpha value is -1.20. The zero-order chi connectivity index (χ0) is 13.8. The van der Waals surface area contributed by atoms with Crippen molar-refractivity contribution in [3.8, 4) is 0 Å². The number of hydrogen-bond acceptors (Lipinski definition) is 5. The largest absolute Gasteiger partial charge is 0.356 e. The second-order valence-corrected chi connectivity index (χ2v) is 6.37. The Labute approximate surface area is 124 Å². The molecule has 5 heteroatoms. The third kappa shape index (κ3) is 2.94. The molecule has 20 heavy (non-hydrogen) atoms. The topological polar surface area (TPSA) is 41.0 Å². The van der Waals surface area contributed by atoms with E-state index in [1.54, 1.807) is 17.7 Å². The number of nitrogens with zero attached hydrogens (tertiary/aromatic N) is 3. The Balaban J connectivity index is 1.83. The predicted molar refractivity (Wildman–Crippen MR) is 85.5 cm³/mol. The van der Waals surface area contributed by atoms with E-state index < -0.39 is 0 Å². The summed E-state index contributed by atoms with van der Waals surface area (Å²) in [5.41, 5.74) is 0. The summed E-state index contributed by atoms with van der Waals surface area (Å²) in [7, 11) is 0. The summed E-state index contributed by atoms with van der Waals surface area (Å²) in [6.45, 7) is 6.75. The van der Waals surface area contributed by atoms with E-state index in [9.17, 15) is 0 Å². The Bertz CT molecular complexity index is 548. The molecule has 3 heterocycles. The van der Waals surface area contributed by atoms with E-state index in [2.05, 4.69) is 38.6 Å². The van der Waals surface area contributed by atoms with Crippen molar-refractivity contribution >= 4 is 27.4 Å². The summed E-state index contributed by atoms with van der Waals surface area (Å²) in [6.07, 6.45) is 5.41. The van der Waals surface area contributed by atoms with Gasteiger partial charge in [0.25, 0.3) is 0 Å². The number of thiophene rings is 1. The third-order valence-corrected chi connectivity index (χ3v) is 4.79. The number of hydrogen-bond donors (Lipinski definition) is 1. The lowest BCUT2D eigenvalue weighted by molar-refractivity contribution is 0.373. The first kappa shape index (κ1) is 13.8. The van der Waals surface area contributed by atoms with Gasteiger partial charge in [-0.15, -0.1) is 11.3 Å². The van der Waals surface area contributed by atoms with Gasteiger partial charge in [-0.3, -0.25) is 0 Å². The van der Waals surface area contributed by atoms with Crippen LogP contribution in [0.5, 0.6) is 0 Å². The molecule has 0 bridgehead atoms. The van der Waals surface area contributed by atoms with Crippen molar-refractivity contribution in [1.29, 1.82) is 0 Å². The van der Waals surface area contributed by atoms with Crippen LogP contribution in [-0.2, 0) is 0 Å². The second kappa shape index (κ2) is 6.50. The van der Waals surface area contributed by atoms with Crippen molar-refractivity contribution in [2.45, 2.75) is 26.2 Å². The van der Waals surface area contributed by atoms with E-state index >= 15 is 0 Å². The van der Waals surface area contributed by atoms with Crippen LogP contribution in [0.1, 0.15) is 26.2 Å². The molecule has 1 fully saturated rings. The van der Waals surface area contributed by atoms with Crippen LogP contribution >= 0.6 is 11.3 Å². The van der Waals surface area contributed by atoms with Crippen LogP contribution in [0.2, 0.25) is 0 Å². The van der Waals surface area contributed by atoms with Gasteiger partial charge < -0.3 is 10.2 Å². The molecular weight excluding hydrogens is 268 g/mol. The van der Waals surface area contributed by atoms with Gasteiger partial charge in [0.1, 0.15) is 17.0 Å². The normalized spacial score (nSPS) is 16.6. The van der Waals surface area contributed by atoms with Crippen molar-refractivity contribution in [2.75, 3.05) is 31.1 Å². The van der Waals surface area contributed by atoms with Crippen molar-refractivity contribution in [3.63, 3.8) is 0 Å². The number of piperidine rings is 1. The zero-order valence-electron chi connectivity index (χ0n) is 12.0. The first-order chi connectivity index (χ1) is 9.88. The summed E-state index contributed by atoms with van der Waals surface area (Å²) in [4.78, 5) is 12.5. The smallest absolute Gasteiger partial charge is 0.140 e. The Morgan fingerprint density at radius 2 is 2.20 bits per heavy atom. The van der Waals surface area contributed by atoms with Gasteiger partial charge in [-0.2, -0.15) is 0 Å². The Kier molecular flexibility index (Phi) is 4.47. The fourth-order valence-electron chi connectivity index (χ4n) is 2.96. The van der Waals surface area contributed by atoms with Gasteiger partial charge in [0.2, 0.25) is 0 Å². The highest BCUT2D eigenvalue weighted by molar-refractivity contribution is 7.16. The molecule has 3 rings (SSSR count). The van der Waals surface area contributed by atoms with Crippen LogP contribution in [0.3, 0.4) is 0 Å². The molecule has 4 nitrogen and oxygen atoms in total. The van der Waals surface area contributed by atoms with Crippen LogP contribution in [0.4, 0.5) is 5.82 Å². The number of rotatable bonds is 5. The van der Waals surface area contributed by atoms with Gasteiger partial charge in [-0.1, -0.05) is 6.92 Å². The Morgan fingerprint density at radius 1 is 1.35 bits per heavy atom. The van der Waals surface area contributed by atoms with Gasteiger partial charge in [0, 0.05) is 13.1 Å². The first-order valence-electron chi connectivity index (χ1n) is 7.52. The van der Waals surface area contributed by atoms with Crippen LogP contribution in [0.15, 0.2) is 17.8 Å². The summed E-state index contributed by atoms with van der Waals surface area (Å²) in [5.74, 6) is 1.91. The average molecular weight is 290 g/mol. The lowest BCUT2D eigenvalue weighted by Gasteiger charge is -2.31. The highest BCUT2D eigenvalue weighted by atomic mass is 32.1. The van der Waals surface area contributed by atoms with E-state index in [0.29, 0.717) is 0 Å². The molecule has 1 aliphatic heterocycles. The van der Waals surface area contributed by atoms with Crippen LogP contribution in [-0.4, -0.2) is 36.1 Å². The molecular formula is C15H22N4S. The molecule has 0 spiro atoms. The van der Waals surface area contributed by atoms with E-state index in [-0.39, 0.29) is 0 Å². The quantitative estimate of drug-likeness (QED) is 0.919. The van der Waals surface area contributed by atoms with Gasteiger partial charge in [0.15, 0.2) is 0 Å². The first-order valence-corrected chi connectivity index (χ1v) is 8.40. The molecule has 1 aliphatic rings. The predicted octanol–water partition coefficient (Wildman–Crippen LogP) is 2.91. The molecule has 0 saturated carbocycles. The van der Waals surface area contributed by atoms with Crippen molar-refractivity contribution in [3.05, 3.63) is 17.8 Å². The van der Waals surface area contributed by atoms with Crippen LogP contribution in [0.25, 0.3) is 10.2 Å². The minimum Gasteiger partial charge on any atom is -0.356 e. The SMILES string of the molecule is CCCN(CC1CCNCC1)c1ncnc2sccc12. The molecule has 1 N–H and O–H groups in total. The Morgan fingerprint density at radius 3 is 3.00 bits per heavy atom. The van der Waals surface area contributed by atoms with Gasteiger partial charge in [-0.05, 0) is 49.7 Å². The minimum absolute atomic E-state index is 0.784. The van der Waals surface area contributed by atoms with Gasteiger partial charge >= 0.3 is 0 Å². The van der Waals surface area contributed by atoms with E-state index in [4.69, 9.17) is 0 Å². The van der Waals surface area contributed by atoms with Gasteiger partial charge in [0.05, 0.1) is 5.39 Å². The third-order valence-electron chi connectivity index (χ3n) is 3.97. The summed E-state index contributed by atoms with van der Waals surface area (Å²) < 4.78 is 0. The van der Waals surface area contributed by atoms with E-state index in [0.717, 1.165) is 49.2 Å². The van der Waals surface area contributed by atoms with Crippen LogP contribution < -0.4 is 10.2 Å². The zero-order valence-corrected chi connectivity index (χ0v) is 12.8. The van der Waals surface area contributed by atoms with Crippen LogP contribution in [0, 0.1) is 5.92 Å². The van der Waals surface area contributed by atoms with Crippen molar-refractivity contribution in [2.24, 2.45) is 5.92 Å². The summed E-state index contributed by atoms with van der Waals surface area (Å²) in [6, 6.07) is 2.15. The molecule has 0 aliphatic carbocycles. The maximum Gasteiger partial charge on any atom is 0.140 e. The number of nitrogens with one attached hydrogen (secondary N) is 1. The molecule has 0 unspecified atom stereocenters. The maximum atomic E-state index is 4.57. The summed E-state index contributed by atoms with van der Waals surface area (Å²) >= 11 is 1.70. The monoisotopic (exact) mass is 290 g/mol.